The molecule has 1 nitrogen and oxygen atoms in total. The molecule has 0 amide bonds. The lowest BCUT2D eigenvalue weighted by atomic mass is 10.4. The molecule has 1 aromatic rings. The third-order valence-electron chi connectivity index (χ3n) is 2.06. The summed E-state index contributed by atoms with van der Waals surface area (Å²) >= 11 is 1.99. The minimum atomic E-state index is 0.785. The van der Waals surface area contributed by atoms with Crippen LogP contribution in [0.15, 0.2) is 35.2 Å². The monoisotopic (exact) mass is 179 g/mol. The lowest BCUT2D eigenvalue weighted by Gasteiger charge is -2.06. The standard InChI is InChI=1S/C10H13NS/c1-2-4-9(5-3-1)12-10-6-7-11-8-10/h1-5,10-11H,6-8H2/t10-/m0/s1. The average molecular weight is 179 g/mol. The summed E-state index contributed by atoms with van der Waals surface area (Å²) in [6, 6.07) is 10.6. The topological polar surface area (TPSA) is 12.0 Å². The molecule has 0 aromatic heterocycles. The number of rotatable bonds is 2. The van der Waals surface area contributed by atoms with Gasteiger partial charge in [-0.2, -0.15) is 0 Å². The maximum absolute atomic E-state index is 3.37. The van der Waals surface area contributed by atoms with Gasteiger partial charge in [-0.05, 0) is 25.1 Å². The summed E-state index contributed by atoms with van der Waals surface area (Å²) in [5.74, 6) is 0. The average Bonchev–Trinajstić information content (AvgIpc) is 2.59. The number of benzene rings is 1. The Labute approximate surface area is 77.6 Å². The minimum Gasteiger partial charge on any atom is -0.316 e. The summed E-state index contributed by atoms with van der Waals surface area (Å²) < 4.78 is 0. The van der Waals surface area contributed by atoms with Crippen LogP contribution < -0.4 is 5.32 Å². The van der Waals surface area contributed by atoms with E-state index >= 15 is 0 Å². The van der Waals surface area contributed by atoms with Crippen LogP contribution in [0.1, 0.15) is 6.42 Å². The van der Waals surface area contributed by atoms with Gasteiger partial charge in [0.05, 0.1) is 0 Å². The highest BCUT2D eigenvalue weighted by Gasteiger charge is 2.14. The van der Waals surface area contributed by atoms with E-state index in [0.29, 0.717) is 0 Å². The van der Waals surface area contributed by atoms with Gasteiger partial charge in [0.15, 0.2) is 0 Å². The highest BCUT2D eigenvalue weighted by atomic mass is 32.2. The number of nitrogens with one attached hydrogen (secondary N) is 1. The van der Waals surface area contributed by atoms with Gasteiger partial charge < -0.3 is 5.32 Å². The van der Waals surface area contributed by atoms with Gasteiger partial charge in [0, 0.05) is 16.7 Å². The van der Waals surface area contributed by atoms with Gasteiger partial charge >= 0.3 is 0 Å². The molecule has 1 aromatic carbocycles. The summed E-state index contributed by atoms with van der Waals surface area (Å²) in [7, 11) is 0. The van der Waals surface area contributed by atoms with E-state index in [0.717, 1.165) is 5.25 Å². The predicted molar refractivity (Wildman–Crippen MR) is 53.6 cm³/mol. The summed E-state index contributed by atoms with van der Waals surface area (Å²) in [6.07, 6.45) is 1.31. The van der Waals surface area contributed by atoms with Crippen molar-refractivity contribution in [1.82, 2.24) is 5.32 Å². The number of hydrogen-bond acceptors (Lipinski definition) is 2. The molecule has 1 aliphatic rings. The molecule has 0 radical (unpaired) electrons. The van der Waals surface area contributed by atoms with Gasteiger partial charge in [-0.1, -0.05) is 18.2 Å². The Morgan fingerprint density at radius 1 is 1.25 bits per heavy atom. The Morgan fingerprint density at radius 3 is 2.75 bits per heavy atom. The van der Waals surface area contributed by atoms with Gasteiger partial charge in [-0.25, -0.2) is 0 Å². The molecule has 1 fully saturated rings. The van der Waals surface area contributed by atoms with Crippen LogP contribution in [-0.4, -0.2) is 18.3 Å². The van der Waals surface area contributed by atoms with E-state index in [4.69, 9.17) is 0 Å². The molecular weight excluding hydrogens is 166 g/mol. The van der Waals surface area contributed by atoms with Crippen molar-refractivity contribution >= 4 is 11.8 Å². The van der Waals surface area contributed by atoms with Crippen LogP contribution in [0.3, 0.4) is 0 Å². The van der Waals surface area contributed by atoms with Gasteiger partial charge in [-0.3, -0.25) is 0 Å². The predicted octanol–water partition coefficient (Wildman–Crippen LogP) is 2.14. The molecule has 0 spiro atoms. The van der Waals surface area contributed by atoms with E-state index in [1.807, 2.05) is 11.8 Å². The molecule has 0 unspecified atom stereocenters. The SMILES string of the molecule is c1ccc(S[C@H]2CCNC2)cc1. The largest absolute Gasteiger partial charge is 0.316 e. The van der Waals surface area contributed by atoms with Gasteiger partial charge in [-0.15, -0.1) is 11.8 Å². The maximum atomic E-state index is 3.37. The van der Waals surface area contributed by atoms with Crippen molar-refractivity contribution in [2.75, 3.05) is 13.1 Å². The van der Waals surface area contributed by atoms with Crippen molar-refractivity contribution in [2.24, 2.45) is 0 Å². The third-order valence-corrected chi connectivity index (χ3v) is 3.34. The van der Waals surface area contributed by atoms with E-state index in [9.17, 15) is 0 Å². The van der Waals surface area contributed by atoms with Crippen molar-refractivity contribution in [3.05, 3.63) is 30.3 Å². The smallest absolute Gasteiger partial charge is 0.0231 e. The maximum Gasteiger partial charge on any atom is 0.0231 e. The Hall–Kier alpha value is -0.470. The molecule has 1 aliphatic heterocycles. The van der Waals surface area contributed by atoms with Crippen molar-refractivity contribution in [2.45, 2.75) is 16.6 Å². The molecule has 1 saturated heterocycles. The molecule has 0 saturated carbocycles. The van der Waals surface area contributed by atoms with Crippen LogP contribution in [0.5, 0.6) is 0 Å². The summed E-state index contributed by atoms with van der Waals surface area (Å²) in [5, 5.41) is 4.16. The molecule has 64 valence electrons. The van der Waals surface area contributed by atoms with Crippen LogP contribution >= 0.6 is 11.8 Å². The Kier molecular flexibility index (Phi) is 2.69. The normalized spacial score (nSPS) is 22.8. The van der Waals surface area contributed by atoms with Crippen LogP contribution in [0.2, 0.25) is 0 Å². The fraction of sp³-hybridized carbons (Fsp3) is 0.400. The molecule has 0 bridgehead atoms. The van der Waals surface area contributed by atoms with Crippen molar-refractivity contribution < 1.29 is 0 Å². The molecule has 12 heavy (non-hydrogen) atoms. The minimum absolute atomic E-state index is 0.785. The van der Waals surface area contributed by atoms with E-state index in [1.165, 1.54) is 24.4 Å². The zero-order chi connectivity index (χ0) is 8.23. The van der Waals surface area contributed by atoms with Crippen molar-refractivity contribution in [1.29, 1.82) is 0 Å². The number of thioether (sulfide) groups is 1. The fourth-order valence-electron chi connectivity index (χ4n) is 1.42. The molecule has 1 heterocycles. The number of hydrogen-bond donors (Lipinski definition) is 1. The summed E-state index contributed by atoms with van der Waals surface area (Å²) in [6.45, 7) is 2.35. The first-order valence-corrected chi connectivity index (χ1v) is 5.25. The second-order valence-electron chi connectivity index (χ2n) is 3.05. The van der Waals surface area contributed by atoms with Crippen LogP contribution in [0.4, 0.5) is 0 Å². The summed E-state index contributed by atoms with van der Waals surface area (Å²) in [5.41, 5.74) is 0. The van der Waals surface area contributed by atoms with E-state index in [1.54, 1.807) is 0 Å². The van der Waals surface area contributed by atoms with Crippen LogP contribution in [0.25, 0.3) is 0 Å². The fourth-order valence-corrected chi connectivity index (χ4v) is 2.56. The van der Waals surface area contributed by atoms with Gasteiger partial charge in [0.1, 0.15) is 0 Å². The van der Waals surface area contributed by atoms with Crippen molar-refractivity contribution in [3.63, 3.8) is 0 Å². The molecule has 2 rings (SSSR count). The first kappa shape index (κ1) is 8.14. The quantitative estimate of drug-likeness (QED) is 0.746. The summed E-state index contributed by atoms with van der Waals surface area (Å²) in [4.78, 5) is 1.39. The molecule has 0 aliphatic carbocycles. The van der Waals surface area contributed by atoms with E-state index in [-0.39, 0.29) is 0 Å². The first-order valence-electron chi connectivity index (χ1n) is 4.37. The third kappa shape index (κ3) is 2.02. The van der Waals surface area contributed by atoms with E-state index in [2.05, 4.69) is 35.6 Å². The highest BCUT2D eigenvalue weighted by Crippen LogP contribution is 2.26. The van der Waals surface area contributed by atoms with Crippen LogP contribution in [-0.2, 0) is 0 Å². The molecular formula is C10H13NS. The second-order valence-corrected chi connectivity index (χ2v) is 4.42. The Balaban J connectivity index is 1.94. The van der Waals surface area contributed by atoms with Gasteiger partial charge in [0.2, 0.25) is 0 Å². The lowest BCUT2D eigenvalue weighted by Crippen LogP contribution is -2.09. The van der Waals surface area contributed by atoms with Gasteiger partial charge in [0.25, 0.3) is 0 Å². The highest BCUT2D eigenvalue weighted by molar-refractivity contribution is 8.00. The molecule has 1 N–H and O–H groups in total. The van der Waals surface area contributed by atoms with Crippen molar-refractivity contribution in [3.8, 4) is 0 Å². The second kappa shape index (κ2) is 3.97. The van der Waals surface area contributed by atoms with Crippen LogP contribution in [0, 0.1) is 0 Å². The molecule has 1 atom stereocenters. The van der Waals surface area contributed by atoms with E-state index < -0.39 is 0 Å². The zero-order valence-electron chi connectivity index (χ0n) is 6.99. The Morgan fingerprint density at radius 2 is 2.08 bits per heavy atom. The first-order chi connectivity index (χ1) is 5.95. The Bertz CT molecular complexity index is 229. The lowest BCUT2D eigenvalue weighted by molar-refractivity contribution is 0.858. The zero-order valence-corrected chi connectivity index (χ0v) is 7.81. The molecule has 2 heteroatoms.